The molecule has 8 nitrogen and oxygen atoms in total. The van der Waals surface area contributed by atoms with Crippen LogP contribution in [0.2, 0.25) is 0 Å². The van der Waals surface area contributed by atoms with E-state index < -0.39 is 41.7 Å². The summed E-state index contributed by atoms with van der Waals surface area (Å²) in [6.45, 7) is 0.788. The monoisotopic (exact) mass is 412 g/mol. The van der Waals surface area contributed by atoms with E-state index in [0.717, 1.165) is 9.80 Å². The fourth-order valence-electron chi connectivity index (χ4n) is 3.10. The second-order valence-electron chi connectivity index (χ2n) is 7.12. The Labute approximate surface area is 172 Å². The first-order valence-electron chi connectivity index (χ1n) is 9.20. The number of nitrogens with zero attached hydrogens (tertiary/aromatic N) is 2. The smallest absolute Gasteiger partial charge is 0.325 e. The highest BCUT2D eigenvalue weighted by Crippen LogP contribution is 2.28. The SMILES string of the molecule is CN(CC(=O)Nc1ccc(F)cc1)C(=O)CN1C(=O)N[C@](C)(c2ccccc2)C1=O. The fraction of sp³-hybridized carbons (Fsp3) is 0.238. The van der Waals surface area contributed by atoms with Crippen molar-refractivity contribution in [3.63, 3.8) is 0 Å². The number of urea groups is 1. The molecular formula is C21H21FN4O4. The molecule has 156 valence electrons. The molecule has 3 rings (SSSR count). The van der Waals surface area contributed by atoms with E-state index in [1.807, 2.05) is 0 Å². The van der Waals surface area contributed by atoms with Gasteiger partial charge in [-0.15, -0.1) is 0 Å². The van der Waals surface area contributed by atoms with Crippen LogP contribution < -0.4 is 10.6 Å². The van der Waals surface area contributed by atoms with Crippen molar-refractivity contribution in [2.45, 2.75) is 12.5 Å². The van der Waals surface area contributed by atoms with Crippen LogP contribution in [-0.4, -0.2) is 53.7 Å². The first-order chi connectivity index (χ1) is 14.2. The van der Waals surface area contributed by atoms with Crippen LogP contribution >= 0.6 is 0 Å². The van der Waals surface area contributed by atoms with Crippen molar-refractivity contribution in [1.82, 2.24) is 15.1 Å². The highest BCUT2D eigenvalue weighted by molar-refractivity contribution is 6.09. The van der Waals surface area contributed by atoms with Crippen LogP contribution in [0.1, 0.15) is 12.5 Å². The zero-order valence-electron chi connectivity index (χ0n) is 16.5. The first kappa shape index (κ1) is 21.0. The second kappa shape index (κ2) is 8.32. The molecule has 0 spiro atoms. The number of carbonyl (C=O) groups is 4. The Balaban J connectivity index is 1.60. The number of imide groups is 1. The molecule has 1 fully saturated rings. The maximum absolute atomic E-state index is 12.9. The lowest BCUT2D eigenvalue weighted by Gasteiger charge is -2.23. The Morgan fingerprint density at radius 2 is 1.73 bits per heavy atom. The van der Waals surface area contributed by atoms with Crippen molar-refractivity contribution < 1.29 is 23.6 Å². The molecule has 2 aromatic rings. The number of hydrogen-bond acceptors (Lipinski definition) is 4. The minimum absolute atomic E-state index is 0.296. The molecule has 1 aliphatic rings. The Kier molecular flexibility index (Phi) is 5.81. The van der Waals surface area contributed by atoms with Gasteiger partial charge in [-0.25, -0.2) is 9.18 Å². The van der Waals surface area contributed by atoms with Crippen molar-refractivity contribution in [2.24, 2.45) is 0 Å². The van der Waals surface area contributed by atoms with E-state index in [4.69, 9.17) is 0 Å². The molecule has 2 N–H and O–H groups in total. The normalized spacial score (nSPS) is 18.2. The predicted octanol–water partition coefficient (Wildman–Crippen LogP) is 1.69. The summed E-state index contributed by atoms with van der Waals surface area (Å²) < 4.78 is 12.9. The molecule has 1 atom stereocenters. The molecule has 9 heteroatoms. The number of halogens is 1. The molecule has 0 aliphatic carbocycles. The van der Waals surface area contributed by atoms with Crippen LogP contribution in [0.4, 0.5) is 14.9 Å². The van der Waals surface area contributed by atoms with Crippen LogP contribution in [-0.2, 0) is 19.9 Å². The number of likely N-dealkylation sites (N-methyl/N-ethyl adjacent to an activating group) is 1. The number of amides is 5. The summed E-state index contributed by atoms with van der Waals surface area (Å²) in [7, 11) is 1.39. The van der Waals surface area contributed by atoms with Crippen molar-refractivity contribution >= 4 is 29.4 Å². The topological polar surface area (TPSA) is 98.8 Å². The first-order valence-corrected chi connectivity index (χ1v) is 9.20. The third-order valence-electron chi connectivity index (χ3n) is 4.85. The number of anilines is 1. The van der Waals surface area contributed by atoms with E-state index in [9.17, 15) is 23.6 Å². The highest BCUT2D eigenvalue weighted by atomic mass is 19.1. The summed E-state index contributed by atoms with van der Waals surface area (Å²) in [5, 5.41) is 5.17. The van der Waals surface area contributed by atoms with Gasteiger partial charge in [-0.1, -0.05) is 30.3 Å². The van der Waals surface area contributed by atoms with Gasteiger partial charge in [0.05, 0.1) is 6.54 Å². The maximum Gasteiger partial charge on any atom is 0.325 e. The Hall–Kier alpha value is -3.75. The lowest BCUT2D eigenvalue weighted by molar-refractivity contribution is -0.139. The van der Waals surface area contributed by atoms with E-state index in [2.05, 4.69) is 10.6 Å². The third kappa shape index (κ3) is 4.29. The summed E-state index contributed by atoms with van der Waals surface area (Å²) in [5.41, 5.74) is -0.280. The summed E-state index contributed by atoms with van der Waals surface area (Å²) in [4.78, 5) is 51.7. The van der Waals surface area contributed by atoms with E-state index in [0.29, 0.717) is 11.3 Å². The fourth-order valence-corrected chi connectivity index (χ4v) is 3.10. The predicted molar refractivity (Wildman–Crippen MR) is 107 cm³/mol. The second-order valence-corrected chi connectivity index (χ2v) is 7.12. The number of carbonyl (C=O) groups excluding carboxylic acids is 4. The molecule has 1 aliphatic heterocycles. The van der Waals surface area contributed by atoms with Crippen LogP contribution in [0.5, 0.6) is 0 Å². The van der Waals surface area contributed by atoms with E-state index in [1.165, 1.54) is 31.3 Å². The molecule has 0 aromatic heterocycles. The maximum atomic E-state index is 12.9. The van der Waals surface area contributed by atoms with Gasteiger partial charge in [0.2, 0.25) is 11.8 Å². The van der Waals surface area contributed by atoms with Crippen molar-refractivity contribution in [3.8, 4) is 0 Å². The van der Waals surface area contributed by atoms with Gasteiger partial charge in [0.15, 0.2) is 0 Å². The van der Waals surface area contributed by atoms with Crippen LogP contribution in [0.25, 0.3) is 0 Å². The molecule has 0 unspecified atom stereocenters. The molecule has 1 saturated heterocycles. The van der Waals surface area contributed by atoms with Gasteiger partial charge in [0.25, 0.3) is 5.91 Å². The number of hydrogen-bond donors (Lipinski definition) is 2. The number of rotatable bonds is 6. The largest absolute Gasteiger partial charge is 0.335 e. The highest BCUT2D eigenvalue weighted by Gasteiger charge is 2.49. The van der Waals surface area contributed by atoms with E-state index in [1.54, 1.807) is 37.3 Å². The average Bonchev–Trinajstić information content (AvgIpc) is 2.94. The zero-order chi connectivity index (χ0) is 21.9. The van der Waals surface area contributed by atoms with Gasteiger partial charge in [-0.3, -0.25) is 19.3 Å². The van der Waals surface area contributed by atoms with Gasteiger partial charge in [-0.2, -0.15) is 0 Å². The molecule has 0 radical (unpaired) electrons. The number of benzene rings is 2. The van der Waals surface area contributed by atoms with Crippen molar-refractivity contribution in [3.05, 3.63) is 66.0 Å². The average molecular weight is 412 g/mol. The minimum Gasteiger partial charge on any atom is -0.335 e. The number of nitrogens with one attached hydrogen (secondary N) is 2. The molecule has 30 heavy (non-hydrogen) atoms. The van der Waals surface area contributed by atoms with Gasteiger partial charge < -0.3 is 15.5 Å². The molecule has 2 aromatic carbocycles. The lowest BCUT2D eigenvalue weighted by Crippen LogP contribution is -2.45. The molecule has 0 saturated carbocycles. The Morgan fingerprint density at radius 3 is 2.37 bits per heavy atom. The zero-order valence-corrected chi connectivity index (χ0v) is 16.5. The van der Waals surface area contributed by atoms with E-state index >= 15 is 0 Å². The van der Waals surface area contributed by atoms with Crippen LogP contribution in [0.3, 0.4) is 0 Å². The van der Waals surface area contributed by atoms with Crippen molar-refractivity contribution in [1.29, 1.82) is 0 Å². The third-order valence-corrected chi connectivity index (χ3v) is 4.85. The van der Waals surface area contributed by atoms with Gasteiger partial charge >= 0.3 is 6.03 Å². The van der Waals surface area contributed by atoms with Crippen LogP contribution in [0.15, 0.2) is 54.6 Å². The van der Waals surface area contributed by atoms with Gasteiger partial charge in [-0.05, 0) is 36.8 Å². The summed E-state index contributed by atoms with van der Waals surface area (Å²) in [6.07, 6.45) is 0. The Bertz CT molecular complexity index is 980. The van der Waals surface area contributed by atoms with Gasteiger partial charge in [0.1, 0.15) is 17.9 Å². The van der Waals surface area contributed by atoms with Crippen molar-refractivity contribution in [2.75, 3.05) is 25.5 Å². The quantitative estimate of drug-likeness (QED) is 0.706. The van der Waals surface area contributed by atoms with Gasteiger partial charge in [0, 0.05) is 12.7 Å². The lowest BCUT2D eigenvalue weighted by atomic mass is 9.92. The summed E-state index contributed by atoms with van der Waals surface area (Å²) in [5.74, 6) is -2.05. The minimum atomic E-state index is -1.27. The van der Waals surface area contributed by atoms with E-state index in [-0.39, 0.29) is 6.54 Å². The Morgan fingerprint density at radius 1 is 1.10 bits per heavy atom. The van der Waals surface area contributed by atoms with Crippen LogP contribution in [0, 0.1) is 5.82 Å². The standard InChI is InChI=1S/C21H21FN4O4/c1-21(14-6-4-3-5-7-14)19(29)26(20(30)24-21)13-18(28)25(2)12-17(27)23-16-10-8-15(22)9-11-16/h3-11H,12-13H2,1-2H3,(H,23,27)(H,24,30)/t21-/m1/s1. The summed E-state index contributed by atoms with van der Waals surface area (Å²) in [6, 6.07) is 13.2. The summed E-state index contributed by atoms with van der Waals surface area (Å²) >= 11 is 0. The molecular weight excluding hydrogens is 391 g/mol. The molecule has 1 heterocycles. The molecule has 5 amide bonds. The molecule has 0 bridgehead atoms.